The average Bonchev–Trinajstić information content (AvgIpc) is 2.15. The molecule has 0 bridgehead atoms. The van der Waals surface area contributed by atoms with Crippen LogP contribution in [0.5, 0.6) is 0 Å². The van der Waals surface area contributed by atoms with Gasteiger partial charge in [0.1, 0.15) is 0 Å². The van der Waals surface area contributed by atoms with Gasteiger partial charge in [0, 0.05) is 13.3 Å². The van der Waals surface area contributed by atoms with Crippen LogP contribution in [0.3, 0.4) is 0 Å². The summed E-state index contributed by atoms with van der Waals surface area (Å²) in [6.45, 7) is 9.86. The van der Waals surface area contributed by atoms with Crippen molar-refractivity contribution in [3.63, 3.8) is 0 Å². The fourth-order valence-electron chi connectivity index (χ4n) is 0.712. The van der Waals surface area contributed by atoms with Gasteiger partial charge in [0.15, 0.2) is 0 Å². The molecule has 0 aliphatic carbocycles. The van der Waals surface area contributed by atoms with Gasteiger partial charge < -0.3 is 0 Å². The molecule has 0 saturated carbocycles. The highest BCUT2D eigenvalue weighted by Crippen LogP contribution is 2.03. The Bertz CT molecular complexity index is 143. The van der Waals surface area contributed by atoms with Gasteiger partial charge in [0.25, 0.3) is 0 Å². The molecule has 0 aromatic rings. The maximum absolute atomic E-state index is 3.86. The molecule has 0 aromatic carbocycles. The second-order valence-corrected chi connectivity index (χ2v) is 2.10. The van der Waals surface area contributed by atoms with Crippen molar-refractivity contribution in [3.8, 4) is 0 Å². The van der Waals surface area contributed by atoms with Gasteiger partial charge in [-0.05, 0) is 18.1 Å². The van der Waals surface area contributed by atoms with Gasteiger partial charge in [-0.15, -0.1) is 0 Å². The molecule has 0 aromatic heterocycles. The highest BCUT2D eigenvalue weighted by atomic mass is 14.6. The number of hydrogen-bond acceptors (Lipinski definition) is 1. The maximum Gasteiger partial charge on any atom is 0.0277 e. The Kier molecular flexibility index (Phi) is 14.6. The van der Waals surface area contributed by atoms with E-state index in [1.54, 1.807) is 13.3 Å². The molecule has 0 spiro atoms. The van der Waals surface area contributed by atoms with Gasteiger partial charge in [0.2, 0.25) is 0 Å². The molecular weight excluding hydrogens is 146 g/mol. The van der Waals surface area contributed by atoms with Crippen LogP contribution in [0, 0.1) is 0 Å². The van der Waals surface area contributed by atoms with E-state index in [9.17, 15) is 0 Å². The lowest BCUT2D eigenvalue weighted by atomic mass is 10.1. The topological polar surface area (TPSA) is 12.4 Å². The highest BCUT2D eigenvalue weighted by molar-refractivity contribution is 5.72. The van der Waals surface area contributed by atoms with Crippen LogP contribution in [-0.4, -0.2) is 13.3 Å². The first kappa shape index (κ1) is 13.7. The van der Waals surface area contributed by atoms with Gasteiger partial charge in [0.05, 0.1) is 0 Å². The van der Waals surface area contributed by atoms with E-state index in [1.165, 1.54) is 5.57 Å². The van der Waals surface area contributed by atoms with Gasteiger partial charge >= 0.3 is 0 Å². The van der Waals surface area contributed by atoms with E-state index in [1.807, 2.05) is 26.0 Å². The van der Waals surface area contributed by atoms with E-state index in [4.69, 9.17) is 0 Å². The van der Waals surface area contributed by atoms with Crippen molar-refractivity contribution in [1.82, 2.24) is 0 Å². The molecule has 0 aliphatic rings. The second-order valence-electron chi connectivity index (χ2n) is 2.10. The van der Waals surface area contributed by atoms with E-state index >= 15 is 0 Å². The van der Waals surface area contributed by atoms with E-state index in [0.717, 1.165) is 12.8 Å². The molecule has 70 valence electrons. The van der Waals surface area contributed by atoms with E-state index in [0.29, 0.717) is 0 Å². The van der Waals surface area contributed by atoms with Crippen LogP contribution in [0.25, 0.3) is 0 Å². The predicted molar refractivity (Wildman–Crippen MR) is 59.0 cm³/mol. The maximum atomic E-state index is 3.86. The number of hydrogen-bond donors (Lipinski definition) is 0. The first-order valence-electron chi connectivity index (χ1n) is 4.59. The highest BCUT2D eigenvalue weighted by Gasteiger charge is 1.85. The molecule has 0 atom stereocenters. The fraction of sp³-hybridized carbons (Fsp3) is 0.545. The first-order chi connectivity index (χ1) is 5.85. The molecule has 0 radical (unpaired) electrons. The monoisotopic (exact) mass is 167 g/mol. The Morgan fingerprint density at radius 1 is 1.42 bits per heavy atom. The summed E-state index contributed by atoms with van der Waals surface area (Å²) in [4.78, 5) is 3.86. The van der Waals surface area contributed by atoms with Crippen LogP contribution in [0.4, 0.5) is 0 Å². The third-order valence-corrected chi connectivity index (χ3v) is 1.24. The smallest absolute Gasteiger partial charge is 0.0277 e. The summed E-state index contributed by atoms with van der Waals surface area (Å²) in [5.41, 5.74) is 1.26. The summed E-state index contributed by atoms with van der Waals surface area (Å²) in [7, 11) is 1.77. The second kappa shape index (κ2) is 12.8. The van der Waals surface area contributed by atoms with Gasteiger partial charge in [-0.2, -0.15) is 0 Å². The Hall–Kier alpha value is -0.850. The molecule has 0 amide bonds. The molecule has 0 aliphatic heterocycles. The van der Waals surface area contributed by atoms with Crippen LogP contribution in [0.2, 0.25) is 0 Å². The van der Waals surface area contributed by atoms with Crippen molar-refractivity contribution >= 4 is 6.21 Å². The van der Waals surface area contributed by atoms with Crippen molar-refractivity contribution in [2.24, 2.45) is 4.99 Å². The predicted octanol–water partition coefficient (Wildman–Crippen LogP) is 3.63. The van der Waals surface area contributed by atoms with Crippen molar-refractivity contribution in [3.05, 3.63) is 24.3 Å². The number of allylic oxidation sites excluding steroid dienone is 3. The van der Waals surface area contributed by atoms with Crippen LogP contribution >= 0.6 is 0 Å². The molecule has 0 rings (SSSR count). The summed E-state index contributed by atoms with van der Waals surface area (Å²) in [6.07, 6.45) is 7.93. The van der Waals surface area contributed by atoms with Crippen molar-refractivity contribution < 1.29 is 0 Å². The van der Waals surface area contributed by atoms with Crippen molar-refractivity contribution in [1.29, 1.82) is 0 Å². The number of aliphatic imine (C=N–C) groups is 1. The molecule has 1 heteroatoms. The summed E-state index contributed by atoms with van der Waals surface area (Å²) in [5.74, 6) is 0. The quantitative estimate of drug-likeness (QED) is 0.448. The minimum absolute atomic E-state index is 1.09. The number of rotatable bonds is 4. The molecule has 0 saturated heterocycles. The molecule has 0 heterocycles. The fourth-order valence-corrected chi connectivity index (χ4v) is 0.712. The van der Waals surface area contributed by atoms with Crippen LogP contribution < -0.4 is 0 Å². The minimum atomic E-state index is 1.09. The van der Waals surface area contributed by atoms with Crippen molar-refractivity contribution in [2.45, 2.75) is 33.6 Å². The third kappa shape index (κ3) is 9.15. The Labute approximate surface area is 76.9 Å². The van der Waals surface area contributed by atoms with Crippen LogP contribution in [0.15, 0.2) is 29.3 Å². The van der Waals surface area contributed by atoms with E-state index in [-0.39, 0.29) is 0 Å². The van der Waals surface area contributed by atoms with Crippen LogP contribution in [0.1, 0.15) is 33.6 Å². The van der Waals surface area contributed by atoms with Gasteiger partial charge in [-0.1, -0.05) is 39.8 Å². The first-order valence-corrected chi connectivity index (χ1v) is 4.59. The standard InChI is InChI=1S/C9H15N.C2H6/c1-4-6-9(5-2)7-8-10-3;1-2/h5,7-8H,2,4,6H2,1,3H3;1-2H3/b9-7+,10-8?;. The largest absolute Gasteiger partial charge is 0.297 e. The Morgan fingerprint density at radius 2 is 2.00 bits per heavy atom. The zero-order valence-corrected chi connectivity index (χ0v) is 8.80. The van der Waals surface area contributed by atoms with E-state index < -0.39 is 0 Å². The Morgan fingerprint density at radius 3 is 2.33 bits per heavy atom. The summed E-state index contributed by atoms with van der Waals surface area (Å²) >= 11 is 0. The molecule has 0 unspecified atom stereocenters. The minimum Gasteiger partial charge on any atom is -0.297 e. The number of nitrogens with zero attached hydrogens (tertiary/aromatic N) is 1. The molecular formula is C11H21N. The molecule has 0 fully saturated rings. The lowest BCUT2D eigenvalue weighted by Gasteiger charge is -1.93. The summed E-state index contributed by atoms with van der Waals surface area (Å²) < 4.78 is 0. The third-order valence-electron chi connectivity index (χ3n) is 1.24. The molecule has 0 N–H and O–H groups in total. The zero-order chi connectivity index (χ0) is 9.82. The SMILES string of the molecule is C=C/C(=C\C=NC)CCC.CC. The van der Waals surface area contributed by atoms with Gasteiger partial charge in [-0.3, -0.25) is 4.99 Å². The molecule has 1 nitrogen and oxygen atoms in total. The van der Waals surface area contributed by atoms with Crippen LogP contribution in [-0.2, 0) is 0 Å². The lowest BCUT2D eigenvalue weighted by Crippen LogP contribution is -1.77. The Balaban J connectivity index is 0. The average molecular weight is 167 g/mol. The molecule has 12 heavy (non-hydrogen) atoms. The summed E-state index contributed by atoms with van der Waals surface area (Å²) in [5, 5.41) is 0. The normalized spacial score (nSPS) is 10.8. The van der Waals surface area contributed by atoms with Gasteiger partial charge in [-0.25, -0.2) is 0 Å². The van der Waals surface area contributed by atoms with E-state index in [2.05, 4.69) is 18.5 Å². The lowest BCUT2D eigenvalue weighted by molar-refractivity contribution is 0.928. The van der Waals surface area contributed by atoms with Crippen molar-refractivity contribution in [2.75, 3.05) is 7.05 Å². The summed E-state index contributed by atoms with van der Waals surface area (Å²) in [6, 6.07) is 0. The zero-order valence-electron chi connectivity index (χ0n) is 8.80.